The van der Waals surface area contributed by atoms with E-state index in [1.165, 1.54) is 138 Å². The van der Waals surface area contributed by atoms with E-state index in [0.717, 1.165) is 4.47 Å². The zero-order valence-corrected chi connectivity index (χ0v) is 50.5. The van der Waals surface area contributed by atoms with Gasteiger partial charge in [0.25, 0.3) is 0 Å². The summed E-state index contributed by atoms with van der Waals surface area (Å²) in [7, 11) is 0. The minimum atomic E-state index is 0.105. The Balaban J connectivity index is 0.000000144. The number of benzene rings is 11. The Kier molecular flexibility index (Phi) is 13.4. The highest BCUT2D eigenvalue weighted by Crippen LogP contribution is 2.42. The Morgan fingerprint density at radius 3 is 1.31 bits per heavy atom. The summed E-state index contributed by atoms with van der Waals surface area (Å²) >= 11 is 3.41. The van der Waals surface area contributed by atoms with E-state index in [0.29, 0.717) is 0 Å². The predicted octanol–water partition coefficient (Wildman–Crippen LogP) is 22.5. The number of aromatic nitrogens is 4. The van der Waals surface area contributed by atoms with Gasteiger partial charge in [-0.25, -0.2) is 0 Å². The fourth-order valence-electron chi connectivity index (χ4n) is 12.2. The molecule has 0 aliphatic rings. The quantitative estimate of drug-likeness (QED) is 0.176. The lowest BCUT2D eigenvalue weighted by molar-refractivity contribution is 0.590. The van der Waals surface area contributed by atoms with Gasteiger partial charge in [0.05, 0.1) is 27.6 Å². The van der Waals surface area contributed by atoms with E-state index < -0.39 is 0 Å². The fraction of sp³-hybridized carbons (Fsp3) is 0.154. The number of rotatable bonds is 4. The zero-order valence-electron chi connectivity index (χ0n) is 48.9. The van der Waals surface area contributed by atoms with Crippen molar-refractivity contribution in [2.45, 2.75) is 78.6 Å². The fourth-order valence-corrected chi connectivity index (χ4v) is 12.5. The summed E-state index contributed by atoms with van der Waals surface area (Å²) in [5.41, 5.74) is 21.5. The Morgan fingerprint density at radius 2 is 0.711 bits per heavy atom. The Hall–Kier alpha value is -8.90. The number of para-hydroxylation sites is 6. The monoisotopic (exact) mass is 1140 g/mol. The normalized spacial score (nSPS) is 12.2. The van der Waals surface area contributed by atoms with E-state index in [2.05, 4.69) is 340 Å². The maximum Gasteiger partial charge on any atom is 0.0619 e. The smallest absolute Gasteiger partial charge is 0.0619 e. The topological polar surface area (TPSA) is 41.4 Å². The number of nitrogens with zero attached hydrogens (tertiary/aromatic N) is 2. The first-order valence-corrected chi connectivity index (χ1v) is 29.8. The van der Waals surface area contributed by atoms with Gasteiger partial charge in [-0.05, 0) is 129 Å². The largest absolute Gasteiger partial charge is 0.355 e. The molecule has 83 heavy (non-hydrogen) atoms. The minimum absolute atomic E-state index is 0.105. The molecule has 0 saturated carbocycles. The molecular formula is C78H69BrN4. The van der Waals surface area contributed by atoms with Gasteiger partial charge in [0.2, 0.25) is 0 Å². The number of halogens is 1. The van der Waals surface area contributed by atoms with Gasteiger partial charge in [-0.1, -0.05) is 236 Å². The number of H-pyrrole nitrogens is 2. The van der Waals surface area contributed by atoms with Crippen LogP contribution in [0.5, 0.6) is 0 Å². The molecule has 0 aliphatic carbocycles. The Morgan fingerprint density at radius 1 is 0.301 bits per heavy atom. The molecule has 15 aromatic rings. The van der Waals surface area contributed by atoms with Crippen molar-refractivity contribution in [2.75, 3.05) is 0 Å². The maximum atomic E-state index is 3.62. The molecule has 0 aliphatic heterocycles. The van der Waals surface area contributed by atoms with E-state index in [1.807, 2.05) is 0 Å². The molecule has 0 radical (unpaired) electrons. The van der Waals surface area contributed by atoms with Crippen LogP contribution >= 0.6 is 15.9 Å². The zero-order chi connectivity index (χ0) is 57.4. The van der Waals surface area contributed by atoms with Crippen LogP contribution in [0.25, 0.3) is 121 Å². The number of hydrogen-bond donors (Lipinski definition) is 2. The SMILES string of the molecule is CC(C)(C)c1ccc(-n2c3ccccc3c3cc(-c4cccc5c6ccccc6n(-c6ccc(C(C)(C)C)cc6)c45)ccc32)cc1.CC(C)(C)c1ccc(Br)cc1.c1ccc2c(c1)[nH]c1ccc(-c3cccc4c3[nH]c3ccccc34)cc12. The van der Waals surface area contributed by atoms with Gasteiger partial charge < -0.3 is 19.1 Å². The van der Waals surface area contributed by atoms with Crippen LogP contribution in [0.2, 0.25) is 0 Å². The summed E-state index contributed by atoms with van der Waals surface area (Å²) in [5, 5.41) is 10.2. The second-order valence-corrected chi connectivity index (χ2v) is 26.2. The number of fused-ring (bicyclic) bond motifs is 12. The summed E-state index contributed by atoms with van der Waals surface area (Å²) in [5.74, 6) is 0. The number of hydrogen-bond acceptors (Lipinski definition) is 0. The molecule has 0 bridgehead atoms. The molecule has 0 saturated heterocycles. The predicted molar refractivity (Wildman–Crippen MR) is 361 cm³/mol. The van der Waals surface area contributed by atoms with Gasteiger partial charge in [-0.2, -0.15) is 0 Å². The summed E-state index contributed by atoms with van der Waals surface area (Å²) < 4.78 is 6.01. The van der Waals surface area contributed by atoms with Gasteiger partial charge in [-0.15, -0.1) is 0 Å². The molecule has 0 amide bonds. The maximum absolute atomic E-state index is 3.62. The van der Waals surface area contributed by atoms with E-state index in [9.17, 15) is 0 Å². The third kappa shape index (κ3) is 9.91. The van der Waals surface area contributed by atoms with E-state index in [-0.39, 0.29) is 16.2 Å². The lowest BCUT2D eigenvalue weighted by atomic mass is 9.87. The van der Waals surface area contributed by atoms with E-state index in [1.54, 1.807) is 0 Å². The highest BCUT2D eigenvalue weighted by molar-refractivity contribution is 9.10. The molecule has 0 atom stereocenters. The standard InChI is InChI=1S/C44H40N2.C24H16N2.C10H13Br/c1-43(2,3)30-19-23-32(24-20-30)45-39-16-9-8-13-36(39)38-28-29(18-27-41(38)45)34-14-11-15-37-35-12-7-10-17-40(35)46(42(34)37)33-25-21-31(22-26-33)44(4,5)6;1-4-11-22-17(6-1)19-9-5-8-16(24(19)26-22)15-12-13-23-20(14-15)18-7-2-3-10-21(18)25-23;1-10(2,3)8-4-6-9(11)7-5-8/h7-28H,1-6H3;1-14,25-26H;4-7H,1-3H3. The van der Waals surface area contributed by atoms with E-state index >= 15 is 0 Å². The van der Waals surface area contributed by atoms with Gasteiger partial charge in [0, 0.05) is 86.6 Å². The van der Waals surface area contributed by atoms with Crippen LogP contribution in [0.3, 0.4) is 0 Å². The molecule has 2 N–H and O–H groups in total. The van der Waals surface area contributed by atoms with Crippen LogP contribution in [-0.4, -0.2) is 19.1 Å². The van der Waals surface area contributed by atoms with Crippen LogP contribution in [-0.2, 0) is 16.2 Å². The molecule has 4 nitrogen and oxygen atoms in total. The molecule has 0 spiro atoms. The van der Waals surface area contributed by atoms with Crippen molar-refractivity contribution in [1.82, 2.24) is 19.1 Å². The summed E-state index contributed by atoms with van der Waals surface area (Å²) in [6.07, 6.45) is 0. The van der Waals surface area contributed by atoms with Gasteiger partial charge in [0.15, 0.2) is 0 Å². The molecule has 408 valence electrons. The van der Waals surface area contributed by atoms with Crippen LogP contribution in [0.15, 0.2) is 247 Å². The van der Waals surface area contributed by atoms with Crippen LogP contribution in [0, 0.1) is 0 Å². The molecule has 15 rings (SSSR count). The molecule has 0 unspecified atom stereocenters. The lowest BCUT2D eigenvalue weighted by Crippen LogP contribution is -2.10. The second kappa shape index (κ2) is 20.8. The molecule has 4 heterocycles. The molecular weight excluding hydrogens is 1070 g/mol. The molecule has 11 aromatic carbocycles. The van der Waals surface area contributed by atoms with Gasteiger partial charge >= 0.3 is 0 Å². The number of aromatic amines is 2. The number of nitrogens with one attached hydrogen (secondary N) is 2. The second-order valence-electron chi connectivity index (χ2n) is 25.3. The summed E-state index contributed by atoms with van der Waals surface area (Å²) in [6, 6.07) is 88.3. The average Bonchev–Trinajstić information content (AvgIpc) is 4.46. The summed E-state index contributed by atoms with van der Waals surface area (Å²) in [6.45, 7) is 20.3. The third-order valence-electron chi connectivity index (χ3n) is 16.7. The molecule has 0 fully saturated rings. The Labute approximate surface area is 495 Å². The molecule has 4 aromatic heterocycles. The highest BCUT2D eigenvalue weighted by Gasteiger charge is 2.21. The van der Waals surface area contributed by atoms with Crippen molar-refractivity contribution in [3.05, 3.63) is 264 Å². The first kappa shape index (κ1) is 53.4. The highest BCUT2D eigenvalue weighted by atomic mass is 79.9. The third-order valence-corrected chi connectivity index (χ3v) is 17.3. The minimum Gasteiger partial charge on any atom is -0.355 e. The van der Waals surface area contributed by atoms with Crippen molar-refractivity contribution in [1.29, 1.82) is 0 Å². The summed E-state index contributed by atoms with van der Waals surface area (Å²) in [4.78, 5) is 7.12. The van der Waals surface area contributed by atoms with E-state index in [4.69, 9.17) is 0 Å². The molecule has 5 heteroatoms. The van der Waals surface area contributed by atoms with Crippen LogP contribution in [0.1, 0.15) is 79.0 Å². The van der Waals surface area contributed by atoms with Gasteiger partial charge in [-0.3, -0.25) is 0 Å². The average molecular weight is 1140 g/mol. The van der Waals surface area contributed by atoms with Gasteiger partial charge in [0.1, 0.15) is 0 Å². The van der Waals surface area contributed by atoms with Crippen LogP contribution in [0.4, 0.5) is 0 Å². The van der Waals surface area contributed by atoms with Crippen LogP contribution < -0.4 is 0 Å². The van der Waals surface area contributed by atoms with Crippen molar-refractivity contribution >= 4 is 103 Å². The van der Waals surface area contributed by atoms with Crippen molar-refractivity contribution < 1.29 is 0 Å². The lowest BCUT2D eigenvalue weighted by Gasteiger charge is -2.20. The van der Waals surface area contributed by atoms with Crippen molar-refractivity contribution in [3.63, 3.8) is 0 Å². The van der Waals surface area contributed by atoms with Crippen molar-refractivity contribution in [2.24, 2.45) is 0 Å². The van der Waals surface area contributed by atoms with Crippen molar-refractivity contribution in [3.8, 4) is 33.6 Å². The first-order valence-electron chi connectivity index (χ1n) is 29.0. The Bertz CT molecular complexity index is 4890. The first-order chi connectivity index (χ1) is 40.0.